The molecule has 0 aliphatic rings. The van der Waals surface area contributed by atoms with E-state index in [1.165, 1.54) is 24.3 Å². The lowest BCUT2D eigenvalue weighted by molar-refractivity contribution is -0.0498. The van der Waals surface area contributed by atoms with Crippen molar-refractivity contribution in [3.63, 3.8) is 0 Å². The van der Waals surface area contributed by atoms with Gasteiger partial charge in [0.1, 0.15) is 5.75 Å². The van der Waals surface area contributed by atoms with Crippen LogP contribution in [0.25, 0.3) is 11.0 Å². The van der Waals surface area contributed by atoms with Crippen LogP contribution in [0.4, 0.5) is 14.5 Å². The molecule has 6 nitrogen and oxygen atoms in total. The molecular formula is C15H11F2N3O3. The SMILES string of the molecule is O=C(Nc1ccc2[nH]c(=O)[nH]c2c1)c1cccc(OC(F)F)c1. The molecule has 3 rings (SSSR count). The highest BCUT2D eigenvalue weighted by atomic mass is 19.3. The molecule has 1 heterocycles. The third-order valence-electron chi connectivity index (χ3n) is 3.10. The molecule has 1 aromatic heterocycles. The molecule has 0 aliphatic heterocycles. The van der Waals surface area contributed by atoms with E-state index in [0.717, 1.165) is 0 Å². The van der Waals surface area contributed by atoms with Gasteiger partial charge in [-0.2, -0.15) is 8.78 Å². The molecule has 23 heavy (non-hydrogen) atoms. The van der Waals surface area contributed by atoms with E-state index < -0.39 is 12.5 Å². The highest BCUT2D eigenvalue weighted by Crippen LogP contribution is 2.19. The lowest BCUT2D eigenvalue weighted by Crippen LogP contribution is -2.12. The van der Waals surface area contributed by atoms with Gasteiger partial charge >= 0.3 is 12.3 Å². The van der Waals surface area contributed by atoms with E-state index in [0.29, 0.717) is 16.7 Å². The average molecular weight is 319 g/mol. The normalized spacial score (nSPS) is 10.9. The zero-order valence-electron chi connectivity index (χ0n) is 11.6. The van der Waals surface area contributed by atoms with Crippen molar-refractivity contribution < 1.29 is 18.3 Å². The van der Waals surface area contributed by atoms with Crippen LogP contribution in [0.1, 0.15) is 10.4 Å². The quantitative estimate of drug-likeness (QED) is 0.691. The average Bonchev–Trinajstić information content (AvgIpc) is 2.86. The summed E-state index contributed by atoms with van der Waals surface area (Å²) >= 11 is 0. The largest absolute Gasteiger partial charge is 0.435 e. The van der Waals surface area contributed by atoms with Gasteiger partial charge in [-0.15, -0.1) is 0 Å². The maximum Gasteiger partial charge on any atom is 0.387 e. The maximum absolute atomic E-state index is 12.2. The van der Waals surface area contributed by atoms with Gasteiger partial charge in [-0.1, -0.05) is 6.07 Å². The topological polar surface area (TPSA) is 87.0 Å². The summed E-state index contributed by atoms with van der Waals surface area (Å²) in [6.45, 7) is -2.96. The number of rotatable bonds is 4. The highest BCUT2D eigenvalue weighted by molar-refractivity contribution is 6.05. The van der Waals surface area contributed by atoms with Crippen molar-refractivity contribution in [1.29, 1.82) is 0 Å². The molecule has 0 saturated carbocycles. The van der Waals surface area contributed by atoms with Crippen molar-refractivity contribution in [2.75, 3.05) is 5.32 Å². The van der Waals surface area contributed by atoms with Crippen LogP contribution in [0.5, 0.6) is 5.75 Å². The van der Waals surface area contributed by atoms with Crippen molar-refractivity contribution in [2.45, 2.75) is 6.61 Å². The summed E-state index contributed by atoms with van der Waals surface area (Å²) in [6, 6.07) is 10.3. The van der Waals surface area contributed by atoms with Crippen molar-refractivity contribution in [3.05, 3.63) is 58.5 Å². The van der Waals surface area contributed by atoms with Crippen molar-refractivity contribution in [1.82, 2.24) is 9.97 Å². The zero-order valence-corrected chi connectivity index (χ0v) is 11.6. The summed E-state index contributed by atoms with van der Waals surface area (Å²) in [5, 5.41) is 2.62. The molecule has 0 fully saturated rings. The molecule has 0 unspecified atom stereocenters. The number of amides is 1. The molecule has 3 N–H and O–H groups in total. The molecule has 1 amide bonds. The van der Waals surface area contributed by atoms with Gasteiger partial charge in [-0.25, -0.2) is 4.79 Å². The van der Waals surface area contributed by atoms with Gasteiger partial charge in [-0.05, 0) is 36.4 Å². The molecule has 2 aromatic carbocycles. The first-order chi connectivity index (χ1) is 11.0. The summed E-state index contributed by atoms with van der Waals surface area (Å²) in [4.78, 5) is 28.5. The van der Waals surface area contributed by atoms with Gasteiger partial charge in [0.15, 0.2) is 0 Å². The number of hydrogen-bond acceptors (Lipinski definition) is 3. The Bertz CT molecular complexity index is 917. The number of hydrogen-bond donors (Lipinski definition) is 3. The number of aromatic nitrogens is 2. The van der Waals surface area contributed by atoms with Crippen LogP contribution in [0.3, 0.4) is 0 Å². The third kappa shape index (κ3) is 3.37. The first-order valence-corrected chi connectivity index (χ1v) is 6.59. The van der Waals surface area contributed by atoms with Crippen molar-refractivity contribution in [3.8, 4) is 5.75 Å². The van der Waals surface area contributed by atoms with Crippen LogP contribution in [-0.4, -0.2) is 22.5 Å². The Morgan fingerprint density at radius 3 is 2.65 bits per heavy atom. The fraction of sp³-hybridized carbons (Fsp3) is 0.0667. The minimum absolute atomic E-state index is 0.0990. The lowest BCUT2D eigenvalue weighted by atomic mass is 10.2. The number of alkyl halides is 2. The predicted octanol–water partition coefficient (Wildman–Crippen LogP) is 2.71. The summed E-state index contributed by atoms with van der Waals surface area (Å²) < 4.78 is 28.6. The Labute approximate surface area is 128 Å². The van der Waals surface area contributed by atoms with Gasteiger partial charge in [0, 0.05) is 11.3 Å². The molecule has 8 heteroatoms. The standard InChI is InChI=1S/C15H11F2N3O3/c16-14(17)23-10-3-1-2-8(6-10)13(21)18-9-4-5-11-12(7-9)20-15(22)19-11/h1-7,14H,(H,18,21)(H2,19,20,22). The number of nitrogens with one attached hydrogen (secondary N) is 3. The Balaban J connectivity index is 1.81. The number of carbonyl (C=O) groups is 1. The summed E-state index contributed by atoms with van der Waals surface area (Å²) in [7, 11) is 0. The smallest absolute Gasteiger partial charge is 0.387 e. The van der Waals surface area contributed by atoms with E-state index in [4.69, 9.17) is 0 Å². The second kappa shape index (κ2) is 5.91. The van der Waals surface area contributed by atoms with E-state index in [1.807, 2.05) is 0 Å². The van der Waals surface area contributed by atoms with Crippen molar-refractivity contribution >= 4 is 22.6 Å². The highest BCUT2D eigenvalue weighted by Gasteiger charge is 2.10. The van der Waals surface area contributed by atoms with Gasteiger partial charge < -0.3 is 20.0 Å². The molecular weight excluding hydrogens is 308 g/mol. The predicted molar refractivity (Wildman–Crippen MR) is 79.9 cm³/mol. The second-order valence-electron chi connectivity index (χ2n) is 4.70. The number of ether oxygens (including phenoxy) is 1. The number of carbonyl (C=O) groups excluding carboxylic acids is 1. The van der Waals surface area contributed by atoms with E-state index in [9.17, 15) is 18.4 Å². The molecule has 0 radical (unpaired) electrons. The Morgan fingerprint density at radius 2 is 1.87 bits per heavy atom. The molecule has 0 bridgehead atoms. The molecule has 0 spiro atoms. The number of fused-ring (bicyclic) bond motifs is 1. The summed E-state index contributed by atoms with van der Waals surface area (Å²) in [6.07, 6.45) is 0. The second-order valence-corrected chi connectivity index (χ2v) is 4.70. The molecule has 0 saturated heterocycles. The van der Waals surface area contributed by atoms with Crippen molar-refractivity contribution in [2.24, 2.45) is 0 Å². The molecule has 3 aromatic rings. The molecule has 118 valence electrons. The van der Waals surface area contributed by atoms with E-state index in [1.54, 1.807) is 18.2 Å². The van der Waals surface area contributed by atoms with Crippen LogP contribution in [0.15, 0.2) is 47.3 Å². The minimum Gasteiger partial charge on any atom is -0.435 e. The maximum atomic E-state index is 12.2. The van der Waals surface area contributed by atoms with Crippen LogP contribution in [0, 0.1) is 0 Å². The van der Waals surface area contributed by atoms with Gasteiger partial charge in [-0.3, -0.25) is 4.79 Å². The Morgan fingerprint density at radius 1 is 1.09 bits per heavy atom. The molecule has 0 aliphatic carbocycles. The summed E-state index contributed by atoms with van der Waals surface area (Å²) in [5.41, 5.74) is 1.44. The molecule has 0 atom stereocenters. The lowest BCUT2D eigenvalue weighted by Gasteiger charge is -2.08. The van der Waals surface area contributed by atoms with Crippen LogP contribution < -0.4 is 15.7 Å². The van der Waals surface area contributed by atoms with E-state index >= 15 is 0 Å². The summed E-state index contributed by atoms with van der Waals surface area (Å²) in [5.74, 6) is -0.583. The van der Waals surface area contributed by atoms with E-state index in [-0.39, 0.29) is 17.0 Å². The zero-order chi connectivity index (χ0) is 16.4. The number of halogens is 2. The number of imidazole rings is 1. The Kier molecular flexibility index (Phi) is 3.80. The van der Waals surface area contributed by atoms with Crippen LogP contribution in [-0.2, 0) is 0 Å². The minimum atomic E-state index is -2.96. The first kappa shape index (κ1) is 14.8. The number of benzene rings is 2. The third-order valence-corrected chi connectivity index (χ3v) is 3.10. The van der Waals surface area contributed by atoms with Gasteiger partial charge in [0.25, 0.3) is 5.91 Å². The van der Waals surface area contributed by atoms with Gasteiger partial charge in [0.05, 0.1) is 11.0 Å². The van der Waals surface area contributed by atoms with Crippen LogP contribution in [0.2, 0.25) is 0 Å². The number of anilines is 1. The van der Waals surface area contributed by atoms with E-state index in [2.05, 4.69) is 20.0 Å². The first-order valence-electron chi connectivity index (χ1n) is 6.59. The number of H-pyrrole nitrogens is 2. The number of aromatic amines is 2. The van der Waals surface area contributed by atoms with Gasteiger partial charge in [0.2, 0.25) is 0 Å². The monoisotopic (exact) mass is 319 g/mol. The Hall–Kier alpha value is -3.16. The van der Waals surface area contributed by atoms with Crippen LogP contribution >= 0.6 is 0 Å². The fourth-order valence-electron chi connectivity index (χ4n) is 2.13. The fourth-order valence-corrected chi connectivity index (χ4v) is 2.13.